The Bertz CT molecular complexity index is 379. The molecule has 0 aromatic carbocycles. The quantitative estimate of drug-likeness (QED) is 0.642. The van der Waals surface area contributed by atoms with E-state index in [1.165, 1.54) is 24.8 Å². The lowest BCUT2D eigenvalue weighted by Crippen LogP contribution is -2.51. The van der Waals surface area contributed by atoms with E-state index in [1.54, 1.807) is 0 Å². The summed E-state index contributed by atoms with van der Waals surface area (Å²) in [7, 11) is 0. The van der Waals surface area contributed by atoms with Gasteiger partial charge in [0.15, 0.2) is 0 Å². The van der Waals surface area contributed by atoms with Gasteiger partial charge in [0.25, 0.3) is 0 Å². The fourth-order valence-corrected chi connectivity index (χ4v) is 5.01. The van der Waals surface area contributed by atoms with Crippen LogP contribution in [0.2, 0.25) is 0 Å². The summed E-state index contributed by atoms with van der Waals surface area (Å²) in [5, 5.41) is 0. The second kappa shape index (κ2) is 5.07. The SMILES string of the molecule is C=C(C)CC[C@H]1C(=O)CC[C@H]2C(C)(C)CCC[C@]12C. The van der Waals surface area contributed by atoms with Gasteiger partial charge in [-0.15, -0.1) is 6.58 Å². The van der Waals surface area contributed by atoms with Crippen LogP contribution in [0.25, 0.3) is 0 Å². The molecule has 108 valence electrons. The predicted molar refractivity (Wildman–Crippen MR) is 81.0 cm³/mol. The van der Waals surface area contributed by atoms with Crippen LogP contribution in [-0.4, -0.2) is 5.78 Å². The summed E-state index contributed by atoms with van der Waals surface area (Å²) in [6.45, 7) is 13.3. The monoisotopic (exact) mass is 262 g/mol. The zero-order chi connectivity index (χ0) is 14.3. The summed E-state index contributed by atoms with van der Waals surface area (Å²) < 4.78 is 0. The van der Waals surface area contributed by atoms with Crippen LogP contribution in [0, 0.1) is 22.7 Å². The molecular weight excluding hydrogens is 232 g/mol. The molecule has 0 heterocycles. The Labute approximate surface area is 118 Å². The van der Waals surface area contributed by atoms with Gasteiger partial charge in [-0.25, -0.2) is 0 Å². The molecule has 2 aliphatic rings. The van der Waals surface area contributed by atoms with E-state index >= 15 is 0 Å². The van der Waals surface area contributed by atoms with Crippen LogP contribution < -0.4 is 0 Å². The molecule has 2 saturated carbocycles. The Morgan fingerprint density at radius 1 is 1.32 bits per heavy atom. The van der Waals surface area contributed by atoms with Crippen LogP contribution in [0.15, 0.2) is 12.2 Å². The first-order valence-electron chi connectivity index (χ1n) is 7.94. The molecule has 0 N–H and O–H groups in total. The number of carbonyl (C=O) groups is 1. The van der Waals surface area contributed by atoms with Crippen molar-refractivity contribution < 1.29 is 4.79 Å². The number of Topliss-reactive ketones (excluding diaryl/α,β-unsaturated/α-hetero) is 1. The van der Waals surface area contributed by atoms with E-state index in [-0.39, 0.29) is 11.3 Å². The summed E-state index contributed by atoms with van der Waals surface area (Å²) in [5.74, 6) is 1.53. The molecule has 0 unspecified atom stereocenters. The van der Waals surface area contributed by atoms with Gasteiger partial charge in [-0.05, 0) is 55.8 Å². The highest BCUT2D eigenvalue weighted by Crippen LogP contribution is 2.59. The van der Waals surface area contributed by atoms with Crippen LogP contribution in [0.5, 0.6) is 0 Å². The smallest absolute Gasteiger partial charge is 0.136 e. The number of fused-ring (bicyclic) bond motifs is 1. The second-order valence-corrected chi connectivity index (χ2v) is 7.95. The van der Waals surface area contributed by atoms with Crippen molar-refractivity contribution in [3.63, 3.8) is 0 Å². The largest absolute Gasteiger partial charge is 0.299 e. The van der Waals surface area contributed by atoms with Crippen LogP contribution in [0.4, 0.5) is 0 Å². The van der Waals surface area contributed by atoms with Gasteiger partial charge in [0.1, 0.15) is 5.78 Å². The third-order valence-corrected chi connectivity index (χ3v) is 6.00. The third kappa shape index (κ3) is 2.66. The molecule has 2 fully saturated rings. The van der Waals surface area contributed by atoms with Crippen molar-refractivity contribution in [2.24, 2.45) is 22.7 Å². The van der Waals surface area contributed by atoms with Crippen molar-refractivity contribution >= 4 is 5.78 Å². The summed E-state index contributed by atoms with van der Waals surface area (Å²) in [4.78, 5) is 12.4. The molecule has 0 amide bonds. The van der Waals surface area contributed by atoms with Crippen molar-refractivity contribution in [3.05, 3.63) is 12.2 Å². The minimum absolute atomic E-state index is 0.243. The van der Waals surface area contributed by atoms with Gasteiger partial charge >= 0.3 is 0 Å². The molecule has 19 heavy (non-hydrogen) atoms. The lowest BCUT2D eigenvalue weighted by Gasteiger charge is -2.56. The third-order valence-electron chi connectivity index (χ3n) is 6.00. The Morgan fingerprint density at radius 3 is 2.63 bits per heavy atom. The Hall–Kier alpha value is -0.590. The first-order valence-corrected chi connectivity index (χ1v) is 7.94. The van der Waals surface area contributed by atoms with Gasteiger partial charge in [-0.3, -0.25) is 4.79 Å². The van der Waals surface area contributed by atoms with E-state index < -0.39 is 0 Å². The van der Waals surface area contributed by atoms with Crippen LogP contribution >= 0.6 is 0 Å². The lowest BCUT2D eigenvalue weighted by atomic mass is 9.47. The fourth-order valence-electron chi connectivity index (χ4n) is 5.01. The maximum atomic E-state index is 12.4. The van der Waals surface area contributed by atoms with E-state index in [0.717, 1.165) is 31.6 Å². The molecule has 0 saturated heterocycles. The molecule has 1 heteroatoms. The van der Waals surface area contributed by atoms with Gasteiger partial charge in [0.2, 0.25) is 0 Å². The standard InChI is InChI=1S/C18H30O/c1-13(2)7-8-14-15(19)9-10-16-17(3,4)11-6-12-18(14,16)5/h14,16H,1,6-12H2,2-5H3/t14-,16-,18+/m0/s1. The molecule has 2 rings (SSSR count). The minimum Gasteiger partial charge on any atom is -0.299 e. The van der Waals surface area contributed by atoms with E-state index in [4.69, 9.17) is 0 Å². The summed E-state index contributed by atoms with van der Waals surface area (Å²) in [6, 6.07) is 0. The fraction of sp³-hybridized carbons (Fsp3) is 0.833. The Morgan fingerprint density at radius 2 is 2.00 bits per heavy atom. The van der Waals surface area contributed by atoms with E-state index in [2.05, 4.69) is 34.3 Å². The van der Waals surface area contributed by atoms with Crippen molar-refractivity contribution in [1.29, 1.82) is 0 Å². The zero-order valence-corrected chi connectivity index (χ0v) is 13.2. The Balaban J connectivity index is 2.24. The van der Waals surface area contributed by atoms with Gasteiger partial charge in [-0.1, -0.05) is 32.8 Å². The highest BCUT2D eigenvalue weighted by Gasteiger charge is 2.54. The summed E-state index contributed by atoms with van der Waals surface area (Å²) >= 11 is 0. The van der Waals surface area contributed by atoms with Crippen molar-refractivity contribution in [1.82, 2.24) is 0 Å². The summed E-state index contributed by atoms with van der Waals surface area (Å²) in [6.07, 6.45) is 7.83. The number of hydrogen-bond acceptors (Lipinski definition) is 1. The first-order chi connectivity index (χ1) is 8.77. The first kappa shape index (κ1) is 14.8. The molecule has 0 bridgehead atoms. The molecule has 0 radical (unpaired) electrons. The van der Waals surface area contributed by atoms with Crippen LogP contribution in [0.3, 0.4) is 0 Å². The van der Waals surface area contributed by atoms with Crippen LogP contribution in [0.1, 0.15) is 72.6 Å². The molecule has 2 aliphatic carbocycles. The predicted octanol–water partition coefficient (Wildman–Crippen LogP) is 5.15. The van der Waals surface area contributed by atoms with Crippen molar-refractivity contribution in [2.45, 2.75) is 72.6 Å². The number of allylic oxidation sites excluding steroid dienone is 1. The van der Waals surface area contributed by atoms with Gasteiger partial charge < -0.3 is 0 Å². The molecule has 0 aromatic rings. The lowest BCUT2D eigenvalue weighted by molar-refractivity contribution is -0.143. The second-order valence-electron chi connectivity index (χ2n) is 7.95. The minimum atomic E-state index is 0.243. The van der Waals surface area contributed by atoms with Gasteiger partial charge in [-0.2, -0.15) is 0 Å². The number of carbonyl (C=O) groups excluding carboxylic acids is 1. The van der Waals surface area contributed by atoms with E-state index in [9.17, 15) is 4.79 Å². The van der Waals surface area contributed by atoms with Gasteiger partial charge in [0, 0.05) is 12.3 Å². The summed E-state index contributed by atoms with van der Waals surface area (Å²) in [5.41, 5.74) is 1.87. The Kier molecular flexibility index (Phi) is 3.95. The topological polar surface area (TPSA) is 17.1 Å². The van der Waals surface area contributed by atoms with Crippen LogP contribution in [-0.2, 0) is 4.79 Å². The molecule has 0 spiro atoms. The average Bonchev–Trinajstić information content (AvgIpc) is 2.26. The van der Waals surface area contributed by atoms with Crippen molar-refractivity contribution in [2.75, 3.05) is 0 Å². The molecule has 0 aromatic heterocycles. The molecule has 3 atom stereocenters. The maximum Gasteiger partial charge on any atom is 0.136 e. The molecule has 0 aliphatic heterocycles. The molecular formula is C18H30O. The maximum absolute atomic E-state index is 12.4. The van der Waals surface area contributed by atoms with E-state index in [0.29, 0.717) is 11.2 Å². The average molecular weight is 262 g/mol. The van der Waals surface area contributed by atoms with Gasteiger partial charge in [0.05, 0.1) is 0 Å². The number of hydrogen-bond donors (Lipinski definition) is 0. The van der Waals surface area contributed by atoms with E-state index in [1.807, 2.05) is 0 Å². The number of rotatable bonds is 3. The highest BCUT2D eigenvalue weighted by atomic mass is 16.1. The highest BCUT2D eigenvalue weighted by molar-refractivity contribution is 5.82. The number of ketones is 1. The van der Waals surface area contributed by atoms with Crippen molar-refractivity contribution in [3.8, 4) is 0 Å². The molecule has 1 nitrogen and oxygen atoms in total. The zero-order valence-electron chi connectivity index (χ0n) is 13.2. The normalized spacial score (nSPS) is 37.8.